The highest BCUT2D eigenvalue weighted by Crippen LogP contribution is 1.91. The third kappa shape index (κ3) is 4.37. The molecule has 0 spiro atoms. The molecule has 9 nitrogen and oxygen atoms in total. The van der Waals surface area contributed by atoms with Gasteiger partial charge in [-0.2, -0.15) is 0 Å². The molecule has 0 aromatic heterocycles. The van der Waals surface area contributed by atoms with Crippen molar-refractivity contribution in [2.24, 2.45) is 5.73 Å². The quantitative estimate of drug-likeness (QED) is 0.313. The van der Waals surface area contributed by atoms with E-state index in [2.05, 4.69) is 0 Å². The third-order valence-corrected chi connectivity index (χ3v) is 1.51. The summed E-state index contributed by atoms with van der Waals surface area (Å²) in [5.41, 5.74) is 5.09. The van der Waals surface area contributed by atoms with Crippen molar-refractivity contribution in [3.05, 3.63) is 0 Å². The standard InChI is InChI=1S/C7H10N2O7/c8-2(1-3(10)11)5(12)9-4(6(13)14)7(15)16/h2,4H,1,8H2,(H,9,12)(H,10,11)(H,13,14)(H,15,16)/t2-/m1/s1. The van der Waals surface area contributed by atoms with Crippen molar-refractivity contribution in [1.29, 1.82) is 0 Å². The molecule has 0 radical (unpaired) electrons. The summed E-state index contributed by atoms with van der Waals surface area (Å²) in [5.74, 6) is -6.06. The summed E-state index contributed by atoms with van der Waals surface area (Å²) >= 11 is 0. The Morgan fingerprint density at radius 3 is 1.81 bits per heavy atom. The molecular weight excluding hydrogens is 224 g/mol. The third-order valence-electron chi connectivity index (χ3n) is 1.51. The van der Waals surface area contributed by atoms with E-state index in [1.165, 1.54) is 0 Å². The molecule has 0 aliphatic carbocycles. The number of nitrogens with one attached hydrogen (secondary N) is 1. The second-order valence-electron chi connectivity index (χ2n) is 2.82. The lowest BCUT2D eigenvalue weighted by atomic mass is 10.2. The number of nitrogens with two attached hydrogens (primary N) is 1. The maximum Gasteiger partial charge on any atom is 0.338 e. The van der Waals surface area contributed by atoms with Crippen LogP contribution in [0.3, 0.4) is 0 Å². The van der Waals surface area contributed by atoms with E-state index in [9.17, 15) is 19.2 Å². The molecule has 0 aliphatic rings. The Kier molecular flexibility index (Phi) is 4.89. The Labute approximate surface area is 88.8 Å². The Bertz CT molecular complexity index is 313. The number of aliphatic carboxylic acids is 3. The first-order valence-electron chi connectivity index (χ1n) is 3.99. The van der Waals surface area contributed by atoms with Crippen LogP contribution in [0.4, 0.5) is 0 Å². The number of amides is 1. The fraction of sp³-hybridized carbons (Fsp3) is 0.429. The number of carbonyl (C=O) groups is 4. The van der Waals surface area contributed by atoms with E-state index in [1.807, 2.05) is 0 Å². The zero-order valence-corrected chi connectivity index (χ0v) is 7.91. The number of carbonyl (C=O) groups excluding carboxylic acids is 1. The van der Waals surface area contributed by atoms with E-state index in [1.54, 1.807) is 5.32 Å². The minimum absolute atomic E-state index is 0.724. The predicted molar refractivity (Wildman–Crippen MR) is 47.4 cm³/mol. The summed E-state index contributed by atoms with van der Waals surface area (Å²) < 4.78 is 0. The molecule has 1 atom stereocenters. The van der Waals surface area contributed by atoms with E-state index in [0.29, 0.717) is 0 Å². The summed E-state index contributed by atoms with van der Waals surface area (Å²) in [5, 5.41) is 26.7. The molecule has 90 valence electrons. The molecule has 0 fully saturated rings. The van der Waals surface area contributed by atoms with Gasteiger partial charge in [0.25, 0.3) is 0 Å². The van der Waals surface area contributed by atoms with Gasteiger partial charge in [0.2, 0.25) is 11.9 Å². The second kappa shape index (κ2) is 5.66. The van der Waals surface area contributed by atoms with Gasteiger partial charge in [-0.3, -0.25) is 9.59 Å². The molecular formula is C7H10N2O7. The van der Waals surface area contributed by atoms with Crippen molar-refractivity contribution < 1.29 is 34.5 Å². The van der Waals surface area contributed by atoms with Crippen LogP contribution in [0.1, 0.15) is 6.42 Å². The largest absolute Gasteiger partial charge is 0.481 e. The van der Waals surface area contributed by atoms with Crippen LogP contribution in [0, 0.1) is 0 Å². The van der Waals surface area contributed by atoms with Crippen molar-refractivity contribution in [2.75, 3.05) is 0 Å². The van der Waals surface area contributed by atoms with Crippen molar-refractivity contribution in [2.45, 2.75) is 18.5 Å². The second-order valence-corrected chi connectivity index (χ2v) is 2.82. The van der Waals surface area contributed by atoms with E-state index in [4.69, 9.17) is 21.1 Å². The summed E-state index contributed by atoms with van der Waals surface area (Å²) in [4.78, 5) is 42.0. The van der Waals surface area contributed by atoms with E-state index >= 15 is 0 Å². The van der Waals surface area contributed by atoms with E-state index in [0.717, 1.165) is 0 Å². The summed E-state index contributed by atoms with van der Waals surface area (Å²) in [6, 6.07) is -3.65. The molecule has 16 heavy (non-hydrogen) atoms. The van der Waals surface area contributed by atoms with Gasteiger partial charge < -0.3 is 26.4 Å². The number of carboxylic acids is 3. The fourth-order valence-electron chi connectivity index (χ4n) is 0.759. The summed E-state index contributed by atoms with van der Waals surface area (Å²) in [7, 11) is 0. The Morgan fingerprint density at radius 1 is 1.06 bits per heavy atom. The van der Waals surface area contributed by atoms with Crippen LogP contribution in [-0.4, -0.2) is 51.2 Å². The lowest BCUT2D eigenvalue weighted by Gasteiger charge is -2.13. The number of hydrogen-bond donors (Lipinski definition) is 5. The van der Waals surface area contributed by atoms with Crippen LogP contribution in [-0.2, 0) is 19.2 Å². The first kappa shape index (κ1) is 13.8. The van der Waals surface area contributed by atoms with Crippen LogP contribution < -0.4 is 11.1 Å². The monoisotopic (exact) mass is 234 g/mol. The summed E-state index contributed by atoms with van der Waals surface area (Å²) in [6.07, 6.45) is -0.724. The number of hydrogen-bond acceptors (Lipinski definition) is 5. The topological polar surface area (TPSA) is 167 Å². The van der Waals surface area contributed by atoms with Crippen molar-refractivity contribution in [1.82, 2.24) is 5.32 Å². The zero-order valence-electron chi connectivity index (χ0n) is 7.91. The van der Waals surface area contributed by atoms with E-state index in [-0.39, 0.29) is 0 Å². The van der Waals surface area contributed by atoms with Gasteiger partial charge in [0.1, 0.15) is 0 Å². The molecule has 0 saturated heterocycles. The van der Waals surface area contributed by atoms with Crippen molar-refractivity contribution >= 4 is 23.8 Å². The average Bonchev–Trinajstić information content (AvgIpc) is 2.11. The van der Waals surface area contributed by atoms with E-state index < -0.39 is 42.3 Å². The lowest BCUT2D eigenvalue weighted by molar-refractivity contribution is -0.153. The maximum absolute atomic E-state index is 11.1. The van der Waals surface area contributed by atoms with Gasteiger partial charge in [0.05, 0.1) is 12.5 Å². The van der Waals surface area contributed by atoms with Crippen LogP contribution in [0.25, 0.3) is 0 Å². The van der Waals surface area contributed by atoms with Gasteiger partial charge >= 0.3 is 17.9 Å². The van der Waals surface area contributed by atoms with Crippen LogP contribution in [0.2, 0.25) is 0 Å². The molecule has 0 bridgehead atoms. The number of carboxylic acid groups (broad SMARTS) is 3. The van der Waals surface area contributed by atoms with Gasteiger partial charge in [-0.1, -0.05) is 0 Å². The fourth-order valence-corrected chi connectivity index (χ4v) is 0.759. The van der Waals surface area contributed by atoms with Gasteiger partial charge in [-0.05, 0) is 0 Å². The highest BCUT2D eigenvalue weighted by Gasteiger charge is 2.29. The minimum Gasteiger partial charge on any atom is -0.481 e. The normalized spacial score (nSPS) is 11.9. The molecule has 6 N–H and O–H groups in total. The highest BCUT2D eigenvalue weighted by molar-refractivity contribution is 6.01. The van der Waals surface area contributed by atoms with Crippen molar-refractivity contribution in [3.63, 3.8) is 0 Å². The lowest BCUT2D eigenvalue weighted by Crippen LogP contribution is -2.52. The molecule has 9 heteroatoms. The molecule has 0 heterocycles. The van der Waals surface area contributed by atoms with Crippen LogP contribution in [0.15, 0.2) is 0 Å². The molecule has 0 aromatic rings. The van der Waals surface area contributed by atoms with Crippen molar-refractivity contribution in [3.8, 4) is 0 Å². The molecule has 0 unspecified atom stereocenters. The summed E-state index contributed by atoms with van der Waals surface area (Å²) in [6.45, 7) is 0. The predicted octanol–water partition coefficient (Wildman–Crippen LogP) is -2.56. The average molecular weight is 234 g/mol. The smallest absolute Gasteiger partial charge is 0.338 e. The highest BCUT2D eigenvalue weighted by atomic mass is 16.4. The SMILES string of the molecule is N[C@H](CC(=O)O)C(=O)NC(C(=O)O)C(=O)O. The van der Waals surface area contributed by atoms with Crippen LogP contribution >= 0.6 is 0 Å². The van der Waals surface area contributed by atoms with Gasteiger partial charge in [-0.25, -0.2) is 9.59 Å². The molecule has 0 saturated carbocycles. The van der Waals surface area contributed by atoms with Gasteiger partial charge in [0.15, 0.2) is 0 Å². The molecule has 0 rings (SSSR count). The van der Waals surface area contributed by atoms with Gasteiger partial charge in [0, 0.05) is 0 Å². The first-order valence-corrected chi connectivity index (χ1v) is 3.99. The minimum atomic E-state index is -2.15. The maximum atomic E-state index is 11.1. The zero-order chi connectivity index (χ0) is 12.9. The Balaban J connectivity index is 4.46. The first-order chi connectivity index (χ1) is 7.25. The number of rotatable bonds is 6. The van der Waals surface area contributed by atoms with Gasteiger partial charge in [-0.15, -0.1) is 0 Å². The van der Waals surface area contributed by atoms with Crippen LogP contribution in [0.5, 0.6) is 0 Å². The molecule has 0 aliphatic heterocycles. The Morgan fingerprint density at radius 2 is 1.50 bits per heavy atom. The Hall–Kier alpha value is -2.16. The molecule has 1 amide bonds. The molecule has 0 aromatic carbocycles.